The highest BCUT2D eigenvalue weighted by molar-refractivity contribution is 9.10. The number of hydrogen-bond acceptors (Lipinski definition) is 2. The molecular weight excluding hydrogens is 347 g/mol. The lowest BCUT2D eigenvalue weighted by Crippen LogP contribution is -2.07. The molecule has 6 heteroatoms. The first-order chi connectivity index (χ1) is 9.95. The number of aryl methyl sites for hydroxylation is 1. The topological polar surface area (TPSA) is 21.3 Å². The number of nitrogens with one attached hydrogen (secondary N) is 1. The van der Waals surface area contributed by atoms with E-state index in [1.807, 2.05) is 0 Å². The molecule has 112 valence electrons. The Bertz CT molecular complexity index is 634. The summed E-state index contributed by atoms with van der Waals surface area (Å²) in [4.78, 5) is 0. The van der Waals surface area contributed by atoms with Crippen molar-refractivity contribution in [2.45, 2.75) is 20.1 Å². The fraction of sp³-hybridized carbons (Fsp3) is 0.200. The average Bonchev–Trinajstić information content (AvgIpc) is 2.42. The van der Waals surface area contributed by atoms with Gasteiger partial charge in [0.05, 0.1) is 0 Å². The van der Waals surface area contributed by atoms with Crippen LogP contribution in [0.1, 0.15) is 11.1 Å². The van der Waals surface area contributed by atoms with Gasteiger partial charge < -0.3 is 10.1 Å². The summed E-state index contributed by atoms with van der Waals surface area (Å²) < 4.78 is 43.2. The number of rotatable bonds is 5. The number of alkyl halides is 2. The van der Waals surface area contributed by atoms with Crippen molar-refractivity contribution < 1.29 is 17.9 Å². The van der Waals surface area contributed by atoms with Gasteiger partial charge in [-0.15, -0.1) is 0 Å². The Balaban J connectivity index is 2.14. The van der Waals surface area contributed by atoms with E-state index in [1.165, 1.54) is 12.1 Å². The molecule has 0 radical (unpaired) electrons. The van der Waals surface area contributed by atoms with Crippen LogP contribution in [0.25, 0.3) is 0 Å². The van der Waals surface area contributed by atoms with Gasteiger partial charge in [-0.05, 0) is 48.9 Å². The third kappa shape index (κ3) is 4.39. The molecule has 0 fully saturated rings. The zero-order valence-corrected chi connectivity index (χ0v) is 12.8. The molecule has 1 N–H and O–H groups in total. The maximum atomic E-state index is 13.2. The fourth-order valence-electron chi connectivity index (χ4n) is 1.85. The van der Waals surface area contributed by atoms with Gasteiger partial charge in [0.1, 0.15) is 11.6 Å². The summed E-state index contributed by atoms with van der Waals surface area (Å²) in [5, 5.41) is 3.06. The Labute approximate surface area is 129 Å². The Morgan fingerprint density at radius 2 is 1.95 bits per heavy atom. The minimum atomic E-state index is -2.88. The molecule has 0 saturated carbocycles. The van der Waals surface area contributed by atoms with E-state index < -0.39 is 6.61 Å². The largest absolute Gasteiger partial charge is 0.434 e. The van der Waals surface area contributed by atoms with Crippen molar-refractivity contribution in [3.8, 4) is 5.75 Å². The predicted molar refractivity (Wildman–Crippen MR) is 79.2 cm³/mol. The van der Waals surface area contributed by atoms with E-state index >= 15 is 0 Å². The van der Waals surface area contributed by atoms with E-state index in [2.05, 4.69) is 26.0 Å². The van der Waals surface area contributed by atoms with Crippen molar-refractivity contribution in [1.29, 1.82) is 0 Å². The predicted octanol–water partition coefficient (Wildman–Crippen LogP) is 5.11. The van der Waals surface area contributed by atoms with Gasteiger partial charge in [0, 0.05) is 22.3 Å². The molecule has 0 spiro atoms. The first kappa shape index (κ1) is 15.7. The summed E-state index contributed by atoms with van der Waals surface area (Å²) in [5.74, 6) is -0.177. The standard InChI is InChI=1S/C15H13BrF3NO/c1-9-6-12(3-4-13(9)17)20-8-10-7-11(16)2-5-14(10)21-15(18)19/h2-7,15,20H,8H2,1H3. The Morgan fingerprint density at radius 1 is 1.19 bits per heavy atom. The summed E-state index contributed by atoms with van der Waals surface area (Å²) in [7, 11) is 0. The van der Waals surface area contributed by atoms with Gasteiger partial charge in [-0.3, -0.25) is 0 Å². The third-order valence-corrected chi connectivity index (χ3v) is 3.37. The van der Waals surface area contributed by atoms with E-state index in [0.29, 0.717) is 16.8 Å². The van der Waals surface area contributed by atoms with Gasteiger partial charge in [0.25, 0.3) is 0 Å². The quantitative estimate of drug-likeness (QED) is 0.800. The second kappa shape index (κ2) is 6.85. The molecule has 2 rings (SSSR count). The maximum absolute atomic E-state index is 13.2. The van der Waals surface area contributed by atoms with Crippen LogP contribution in [-0.4, -0.2) is 6.61 Å². The lowest BCUT2D eigenvalue weighted by atomic mass is 10.1. The molecule has 2 nitrogen and oxygen atoms in total. The summed E-state index contributed by atoms with van der Waals surface area (Å²) in [6.45, 7) is -0.935. The molecule has 0 saturated heterocycles. The Morgan fingerprint density at radius 3 is 2.62 bits per heavy atom. The highest BCUT2D eigenvalue weighted by atomic mass is 79.9. The molecule has 0 unspecified atom stereocenters. The van der Waals surface area contributed by atoms with Gasteiger partial charge >= 0.3 is 6.61 Å². The first-order valence-electron chi connectivity index (χ1n) is 6.19. The van der Waals surface area contributed by atoms with Gasteiger partial charge in [0.2, 0.25) is 0 Å². The molecule has 0 bridgehead atoms. The lowest BCUT2D eigenvalue weighted by Gasteiger charge is -2.13. The van der Waals surface area contributed by atoms with Crippen LogP contribution in [0.4, 0.5) is 18.9 Å². The summed E-state index contributed by atoms with van der Waals surface area (Å²) in [6.07, 6.45) is 0. The van der Waals surface area contributed by atoms with Gasteiger partial charge in [-0.1, -0.05) is 15.9 Å². The van der Waals surface area contributed by atoms with Gasteiger partial charge in [-0.2, -0.15) is 8.78 Å². The second-order valence-corrected chi connectivity index (χ2v) is 5.36. The smallest absolute Gasteiger partial charge is 0.387 e. The van der Waals surface area contributed by atoms with Crippen LogP contribution in [0.3, 0.4) is 0 Å². The SMILES string of the molecule is Cc1cc(NCc2cc(Br)ccc2OC(F)F)ccc1F. The number of anilines is 1. The van der Waals surface area contributed by atoms with Crippen LogP contribution in [-0.2, 0) is 6.54 Å². The first-order valence-corrected chi connectivity index (χ1v) is 6.98. The average molecular weight is 360 g/mol. The van der Waals surface area contributed by atoms with E-state index in [-0.39, 0.29) is 18.1 Å². The zero-order chi connectivity index (χ0) is 15.4. The van der Waals surface area contributed by atoms with E-state index in [4.69, 9.17) is 0 Å². The molecular formula is C15H13BrF3NO. The van der Waals surface area contributed by atoms with E-state index in [9.17, 15) is 13.2 Å². The highest BCUT2D eigenvalue weighted by Gasteiger charge is 2.10. The van der Waals surface area contributed by atoms with Crippen molar-refractivity contribution in [3.63, 3.8) is 0 Å². The van der Waals surface area contributed by atoms with Crippen LogP contribution >= 0.6 is 15.9 Å². The molecule has 2 aromatic carbocycles. The van der Waals surface area contributed by atoms with Crippen molar-refractivity contribution in [3.05, 3.63) is 57.8 Å². The molecule has 0 aliphatic rings. The molecule has 0 aliphatic heterocycles. The molecule has 0 aliphatic carbocycles. The summed E-state index contributed by atoms with van der Waals surface area (Å²) >= 11 is 3.29. The Hall–Kier alpha value is -1.69. The molecule has 2 aromatic rings. The van der Waals surface area contributed by atoms with Gasteiger partial charge in [0.15, 0.2) is 0 Å². The van der Waals surface area contributed by atoms with Crippen LogP contribution in [0.5, 0.6) is 5.75 Å². The zero-order valence-electron chi connectivity index (χ0n) is 11.2. The lowest BCUT2D eigenvalue weighted by molar-refractivity contribution is -0.0504. The number of halogens is 4. The molecule has 0 heterocycles. The summed E-state index contributed by atoms with van der Waals surface area (Å²) in [6, 6.07) is 9.40. The van der Waals surface area contributed by atoms with Crippen LogP contribution in [0.15, 0.2) is 40.9 Å². The Kier molecular flexibility index (Phi) is 5.12. The molecule has 0 atom stereocenters. The van der Waals surface area contributed by atoms with E-state index in [1.54, 1.807) is 31.2 Å². The third-order valence-electron chi connectivity index (χ3n) is 2.88. The van der Waals surface area contributed by atoms with E-state index in [0.717, 1.165) is 4.47 Å². The van der Waals surface area contributed by atoms with Crippen LogP contribution in [0, 0.1) is 12.7 Å². The molecule has 0 amide bonds. The normalized spacial score (nSPS) is 10.8. The number of ether oxygens (including phenoxy) is 1. The fourth-order valence-corrected chi connectivity index (χ4v) is 2.26. The minimum Gasteiger partial charge on any atom is -0.434 e. The second-order valence-electron chi connectivity index (χ2n) is 4.45. The number of hydrogen-bond donors (Lipinski definition) is 1. The van der Waals surface area contributed by atoms with Crippen molar-refractivity contribution >= 4 is 21.6 Å². The van der Waals surface area contributed by atoms with Crippen LogP contribution in [0.2, 0.25) is 0 Å². The molecule has 21 heavy (non-hydrogen) atoms. The van der Waals surface area contributed by atoms with Crippen molar-refractivity contribution in [2.24, 2.45) is 0 Å². The van der Waals surface area contributed by atoms with Crippen LogP contribution < -0.4 is 10.1 Å². The summed E-state index contributed by atoms with van der Waals surface area (Å²) in [5.41, 5.74) is 1.79. The van der Waals surface area contributed by atoms with Gasteiger partial charge in [-0.25, -0.2) is 4.39 Å². The number of benzene rings is 2. The monoisotopic (exact) mass is 359 g/mol. The highest BCUT2D eigenvalue weighted by Crippen LogP contribution is 2.26. The maximum Gasteiger partial charge on any atom is 0.387 e. The molecule has 0 aromatic heterocycles. The minimum absolute atomic E-state index is 0.111. The van der Waals surface area contributed by atoms with Crippen molar-refractivity contribution in [1.82, 2.24) is 0 Å². The van der Waals surface area contributed by atoms with Crippen molar-refractivity contribution in [2.75, 3.05) is 5.32 Å².